The first-order valence-electron chi connectivity index (χ1n) is 11.0. The third-order valence-corrected chi connectivity index (χ3v) is 7.38. The van der Waals surface area contributed by atoms with E-state index in [9.17, 15) is 8.42 Å². The van der Waals surface area contributed by atoms with Gasteiger partial charge < -0.3 is 10.6 Å². The number of rotatable bonds is 8. The molecule has 0 spiro atoms. The van der Waals surface area contributed by atoms with Crippen molar-refractivity contribution in [3.05, 3.63) is 54.2 Å². The molecule has 1 fully saturated rings. The van der Waals surface area contributed by atoms with Gasteiger partial charge in [-0.2, -0.15) is 0 Å². The molecule has 1 saturated heterocycles. The molecule has 0 unspecified atom stereocenters. The van der Waals surface area contributed by atoms with Gasteiger partial charge in [0.05, 0.1) is 18.0 Å². The number of hydrogen-bond donors (Lipinski definition) is 2. The van der Waals surface area contributed by atoms with Crippen LogP contribution in [0, 0.1) is 0 Å². The van der Waals surface area contributed by atoms with Crippen molar-refractivity contribution in [3.63, 3.8) is 0 Å². The number of pyridine rings is 1. The molecule has 1 aliphatic rings. The Bertz CT molecular complexity index is 961. The Balaban J connectivity index is 0.00000363. The SMILES string of the molecule is CCCS(=O)(=O)N1CCC(NC(=NCc2cccc(-c3ccccn3)c2)NCC)CC1.I. The van der Waals surface area contributed by atoms with E-state index in [1.807, 2.05) is 38.1 Å². The van der Waals surface area contributed by atoms with Crippen LogP contribution >= 0.6 is 24.0 Å². The maximum Gasteiger partial charge on any atom is 0.214 e. The second-order valence-corrected chi connectivity index (χ2v) is 9.83. The molecule has 2 heterocycles. The molecule has 1 aromatic heterocycles. The van der Waals surface area contributed by atoms with Crippen molar-refractivity contribution in [1.82, 2.24) is 19.9 Å². The number of nitrogens with one attached hydrogen (secondary N) is 2. The molecule has 2 N–H and O–H groups in total. The van der Waals surface area contributed by atoms with Crippen molar-refractivity contribution in [1.29, 1.82) is 0 Å². The van der Waals surface area contributed by atoms with E-state index in [-0.39, 0.29) is 35.8 Å². The molecule has 0 radical (unpaired) electrons. The summed E-state index contributed by atoms with van der Waals surface area (Å²) in [4.78, 5) is 9.17. The maximum absolute atomic E-state index is 12.3. The van der Waals surface area contributed by atoms with Crippen LogP contribution in [0.1, 0.15) is 38.7 Å². The fourth-order valence-electron chi connectivity index (χ4n) is 3.71. The average molecular weight is 572 g/mol. The number of piperidine rings is 1. The topological polar surface area (TPSA) is 86.7 Å². The molecule has 3 rings (SSSR count). The summed E-state index contributed by atoms with van der Waals surface area (Å²) >= 11 is 0. The van der Waals surface area contributed by atoms with Crippen LogP contribution in [0.5, 0.6) is 0 Å². The molecule has 0 aliphatic carbocycles. The Morgan fingerprint density at radius 2 is 1.94 bits per heavy atom. The van der Waals surface area contributed by atoms with Crippen LogP contribution in [0.15, 0.2) is 53.7 Å². The Kier molecular flexibility index (Phi) is 10.9. The fraction of sp³-hybridized carbons (Fsp3) is 0.478. The quantitative estimate of drug-likeness (QED) is 0.287. The van der Waals surface area contributed by atoms with Crippen LogP contribution in [0.25, 0.3) is 11.3 Å². The number of sulfonamides is 1. The molecule has 9 heteroatoms. The highest BCUT2D eigenvalue weighted by Crippen LogP contribution is 2.18. The number of guanidine groups is 1. The molecule has 1 aliphatic heterocycles. The normalized spacial score (nSPS) is 15.8. The summed E-state index contributed by atoms with van der Waals surface area (Å²) in [6.07, 6.45) is 4.01. The summed E-state index contributed by atoms with van der Waals surface area (Å²) in [5.41, 5.74) is 3.14. The zero-order valence-corrected chi connectivity index (χ0v) is 22.0. The minimum Gasteiger partial charge on any atom is -0.357 e. The minimum absolute atomic E-state index is 0. The van der Waals surface area contributed by atoms with Gasteiger partial charge in [0.2, 0.25) is 10.0 Å². The van der Waals surface area contributed by atoms with E-state index in [0.29, 0.717) is 26.1 Å². The predicted octanol–water partition coefficient (Wildman–Crippen LogP) is 3.63. The second-order valence-electron chi connectivity index (χ2n) is 7.74. The molecule has 0 atom stereocenters. The monoisotopic (exact) mass is 571 g/mol. The smallest absolute Gasteiger partial charge is 0.214 e. The second kappa shape index (κ2) is 13.1. The lowest BCUT2D eigenvalue weighted by Crippen LogP contribution is -2.50. The lowest BCUT2D eigenvalue weighted by Gasteiger charge is -2.32. The number of halogens is 1. The van der Waals surface area contributed by atoms with Crippen LogP contribution < -0.4 is 10.6 Å². The van der Waals surface area contributed by atoms with Gasteiger partial charge in [0.25, 0.3) is 0 Å². The Hall–Kier alpha value is -1.72. The van der Waals surface area contributed by atoms with Crippen molar-refractivity contribution in [2.75, 3.05) is 25.4 Å². The lowest BCUT2D eigenvalue weighted by molar-refractivity contribution is 0.306. The van der Waals surface area contributed by atoms with Crippen LogP contribution in [0.4, 0.5) is 0 Å². The van der Waals surface area contributed by atoms with Crippen molar-refractivity contribution >= 4 is 40.0 Å². The highest BCUT2D eigenvalue weighted by Gasteiger charge is 2.27. The van der Waals surface area contributed by atoms with E-state index in [0.717, 1.165) is 42.2 Å². The highest BCUT2D eigenvalue weighted by atomic mass is 127. The molecule has 1 aromatic carbocycles. The first-order chi connectivity index (χ1) is 15.0. The minimum atomic E-state index is -3.11. The van der Waals surface area contributed by atoms with Gasteiger partial charge >= 0.3 is 0 Å². The molecule has 32 heavy (non-hydrogen) atoms. The van der Waals surface area contributed by atoms with E-state index in [1.165, 1.54) is 0 Å². The molecule has 0 bridgehead atoms. The molecule has 176 valence electrons. The summed E-state index contributed by atoms with van der Waals surface area (Å²) < 4.78 is 26.2. The van der Waals surface area contributed by atoms with Crippen molar-refractivity contribution < 1.29 is 8.42 Å². The van der Waals surface area contributed by atoms with Crippen LogP contribution in [0.3, 0.4) is 0 Å². The number of benzene rings is 1. The van der Waals surface area contributed by atoms with Crippen molar-refractivity contribution in [3.8, 4) is 11.3 Å². The van der Waals surface area contributed by atoms with Gasteiger partial charge in [-0.25, -0.2) is 17.7 Å². The standard InChI is InChI=1S/C23H33N5O2S.HI/c1-3-16-31(29,30)28-14-11-21(12-15-28)27-23(24-4-2)26-18-19-8-7-9-20(17-19)22-10-5-6-13-25-22;/h5-10,13,17,21H,3-4,11-12,14-16,18H2,1-2H3,(H2,24,26,27);1H. The summed E-state index contributed by atoms with van der Waals surface area (Å²) in [6.45, 7) is 6.39. The predicted molar refractivity (Wildman–Crippen MR) is 142 cm³/mol. The van der Waals surface area contributed by atoms with E-state index in [4.69, 9.17) is 4.99 Å². The molecule has 0 saturated carbocycles. The van der Waals surface area contributed by atoms with Gasteiger partial charge in [-0.05, 0) is 49.9 Å². The zero-order chi connectivity index (χ0) is 22.1. The number of hydrogen-bond acceptors (Lipinski definition) is 4. The van der Waals surface area contributed by atoms with Gasteiger partial charge in [0, 0.05) is 37.4 Å². The van der Waals surface area contributed by atoms with Crippen LogP contribution in [-0.2, 0) is 16.6 Å². The average Bonchev–Trinajstić information content (AvgIpc) is 2.79. The molecule has 2 aromatic rings. The fourth-order valence-corrected chi connectivity index (χ4v) is 5.25. The summed E-state index contributed by atoms with van der Waals surface area (Å²) in [5.74, 6) is 0.993. The van der Waals surface area contributed by atoms with Gasteiger partial charge in [0.1, 0.15) is 0 Å². The first kappa shape index (κ1) is 26.5. The lowest BCUT2D eigenvalue weighted by atomic mass is 10.1. The summed E-state index contributed by atoms with van der Waals surface area (Å²) in [7, 11) is -3.11. The Labute approximate surface area is 209 Å². The first-order valence-corrected chi connectivity index (χ1v) is 12.7. The summed E-state index contributed by atoms with van der Waals surface area (Å²) in [5, 5.41) is 6.79. The largest absolute Gasteiger partial charge is 0.357 e. The van der Waals surface area contributed by atoms with Gasteiger partial charge in [-0.3, -0.25) is 4.98 Å². The molecule has 7 nitrogen and oxygen atoms in total. The van der Waals surface area contributed by atoms with Gasteiger partial charge in [-0.1, -0.05) is 31.2 Å². The van der Waals surface area contributed by atoms with Crippen LogP contribution in [0.2, 0.25) is 0 Å². The Morgan fingerprint density at radius 1 is 1.16 bits per heavy atom. The zero-order valence-electron chi connectivity index (χ0n) is 18.8. The van der Waals surface area contributed by atoms with Gasteiger partial charge in [0.15, 0.2) is 5.96 Å². The van der Waals surface area contributed by atoms with Crippen molar-refractivity contribution in [2.24, 2.45) is 4.99 Å². The third-order valence-electron chi connectivity index (χ3n) is 5.30. The highest BCUT2D eigenvalue weighted by molar-refractivity contribution is 14.0. The van der Waals surface area contributed by atoms with E-state index in [1.54, 1.807) is 10.5 Å². The molecular weight excluding hydrogens is 537 g/mol. The summed E-state index contributed by atoms with van der Waals surface area (Å²) in [6, 6.07) is 14.4. The van der Waals surface area contributed by atoms with E-state index in [2.05, 4.69) is 33.8 Å². The van der Waals surface area contributed by atoms with Crippen LogP contribution in [-0.4, -0.2) is 55.1 Å². The Morgan fingerprint density at radius 3 is 2.59 bits per heavy atom. The van der Waals surface area contributed by atoms with Gasteiger partial charge in [-0.15, -0.1) is 24.0 Å². The molecule has 0 amide bonds. The maximum atomic E-state index is 12.3. The third kappa shape index (κ3) is 7.70. The van der Waals surface area contributed by atoms with E-state index < -0.39 is 10.0 Å². The number of aromatic nitrogens is 1. The molecular formula is C23H34IN5O2S. The number of aliphatic imine (C=N–C) groups is 1. The number of nitrogens with zero attached hydrogens (tertiary/aromatic N) is 3. The van der Waals surface area contributed by atoms with Crippen molar-refractivity contribution in [2.45, 2.75) is 45.7 Å². The van der Waals surface area contributed by atoms with E-state index >= 15 is 0 Å².